The SMILES string of the molecule is CC(C)(C)N1C(=O)[PH]2(C(=O)N(SF)C2=O)C1=O. The van der Waals surface area contributed by atoms with Gasteiger partial charge in [-0.05, 0) is 0 Å². The standard InChI is InChI=1S/C8H10FN2O4PS/c1-8(2,3)10-4(12)16(5(10)13)6(14)11(17-9)7(16)15/h16H,1-3H3. The van der Waals surface area contributed by atoms with E-state index in [1.807, 2.05) is 0 Å². The van der Waals surface area contributed by atoms with Gasteiger partial charge in [-0.1, -0.05) is 0 Å². The first-order chi connectivity index (χ1) is 7.70. The fourth-order valence-corrected chi connectivity index (χ4v) is 6.22. The van der Waals surface area contributed by atoms with Crippen LogP contribution in [0.1, 0.15) is 20.8 Å². The molecule has 0 bridgehead atoms. The van der Waals surface area contributed by atoms with Crippen molar-refractivity contribution in [3.05, 3.63) is 0 Å². The van der Waals surface area contributed by atoms with Crippen LogP contribution in [0, 0.1) is 0 Å². The third-order valence-electron chi connectivity index (χ3n) is 2.80. The maximum atomic E-state index is 12.2. The molecule has 2 saturated heterocycles. The Hall–Kier alpha value is -1.01. The average molecular weight is 280 g/mol. The van der Waals surface area contributed by atoms with E-state index in [1.165, 1.54) is 0 Å². The van der Waals surface area contributed by atoms with Crippen LogP contribution < -0.4 is 0 Å². The fourth-order valence-electron chi connectivity index (χ4n) is 1.94. The van der Waals surface area contributed by atoms with Crippen molar-refractivity contribution in [3.63, 3.8) is 0 Å². The summed E-state index contributed by atoms with van der Waals surface area (Å²) in [6, 6.07) is 0. The minimum atomic E-state index is -3.93. The monoisotopic (exact) mass is 280 g/mol. The molecule has 0 radical (unpaired) electrons. The Morgan fingerprint density at radius 1 is 1.00 bits per heavy atom. The zero-order valence-corrected chi connectivity index (χ0v) is 11.1. The van der Waals surface area contributed by atoms with E-state index in [0.29, 0.717) is 0 Å². The van der Waals surface area contributed by atoms with Gasteiger partial charge in [-0.25, -0.2) is 0 Å². The normalized spacial score (nSPS) is 24.9. The number of hydrogen-bond donors (Lipinski definition) is 0. The first-order valence-electron chi connectivity index (χ1n) is 4.77. The number of carbonyl (C=O) groups excluding carboxylic acids is 4. The molecule has 0 unspecified atom stereocenters. The molecule has 2 aliphatic rings. The summed E-state index contributed by atoms with van der Waals surface area (Å²) in [5.74, 6) is 0. The Balaban J connectivity index is 2.35. The van der Waals surface area contributed by atoms with Gasteiger partial charge < -0.3 is 0 Å². The number of halogens is 1. The zero-order valence-electron chi connectivity index (χ0n) is 9.31. The Bertz CT molecular complexity index is 441. The maximum absolute atomic E-state index is 12.2. The van der Waals surface area contributed by atoms with Gasteiger partial charge in [-0.2, -0.15) is 0 Å². The Kier molecular flexibility index (Phi) is 2.39. The molecule has 94 valence electrons. The topological polar surface area (TPSA) is 74.8 Å². The van der Waals surface area contributed by atoms with Gasteiger partial charge in [-0.15, -0.1) is 0 Å². The van der Waals surface area contributed by atoms with Crippen molar-refractivity contribution in [2.24, 2.45) is 0 Å². The predicted molar refractivity (Wildman–Crippen MR) is 62.0 cm³/mol. The van der Waals surface area contributed by atoms with Crippen molar-refractivity contribution in [1.82, 2.24) is 9.21 Å². The summed E-state index contributed by atoms with van der Waals surface area (Å²) in [5.41, 5.74) is -4.13. The molecule has 1 spiro atoms. The van der Waals surface area contributed by atoms with E-state index >= 15 is 0 Å². The molecular formula is C8H10FN2O4PS. The van der Waals surface area contributed by atoms with Crippen LogP contribution >= 0.6 is 19.6 Å². The molecule has 2 aliphatic heterocycles. The van der Waals surface area contributed by atoms with Crippen molar-refractivity contribution >= 4 is 42.2 Å². The van der Waals surface area contributed by atoms with Gasteiger partial charge in [0.05, 0.1) is 0 Å². The number of carbonyl (C=O) groups is 4. The van der Waals surface area contributed by atoms with Gasteiger partial charge in [0.25, 0.3) is 0 Å². The number of hydrogen-bond acceptors (Lipinski definition) is 5. The van der Waals surface area contributed by atoms with E-state index in [2.05, 4.69) is 0 Å². The molecule has 17 heavy (non-hydrogen) atoms. The molecule has 4 amide bonds. The molecule has 2 heterocycles. The van der Waals surface area contributed by atoms with E-state index in [4.69, 9.17) is 0 Å². The first-order valence-corrected chi connectivity index (χ1v) is 7.45. The molecule has 0 aromatic carbocycles. The molecule has 2 fully saturated rings. The third-order valence-corrected chi connectivity index (χ3v) is 7.05. The quantitative estimate of drug-likeness (QED) is 0.544. The molecule has 0 aromatic rings. The van der Waals surface area contributed by atoms with Gasteiger partial charge in [-0.3, -0.25) is 0 Å². The molecule has 0 N–H and O–H groups in total. The minimum absolute atomic E-state index is 0.238. The number of amides is 4. The van der Waals surface area contributed by atoms with Crippen LogP contribution in [0.5, 0.6) is 0 Å². The van der Waals surface area contributed by atoms with Crippen molar-refractivity contribution in [2.75, 3.05) is 0 Å². The zero-order chi connectivity index (χ0) is 13.2. The summed E-state index contributed by atoms with van der Waals surface area (Å²) in [5, 5.41) is 0. The fraction of sp³-hybridized carbons (Fsp3) is 0.500. The van der Waals surface area contributed by atoms with Crippen LogP contribution in [0.25, 0.3) is 0 Å². The van der Waals surface area contributed by atoms with Crippen LogP contribution in [0.3, 0.4) is 0 Å². The van der Waals surface area contributed by atoms with Crippen molar-refractivity contribution in [1.29, 1.82) is 0 Å². The summed E-state index contributed by atoms with van der Waals surface area (Å²) in [6.45, 7) is 4.87. The van der Waals surface area contributed by atoms with Gasteiger partial charge in [0.1, 0.15) is 0 Å². The summed E-state index contributed by atoms with van der Waals surface area (Å²) < 4.78 is 12.5. The summed E-state index contributed by atoms with van der Waals surface area (Å²) in [4.78, 5) is 47.7. The van der Waals surface area contributed by atoms with Crippen molar-refractivity contribution < 1.29 is 23.1 Å². The van der Waals surface area contributed by atoms with Crippen molar-refractivity contribution in [2.45, 2.75) is 26.3 Å². The number of nitrogens with zero attached hydrogens (tertiary/aromatic N) is 2. The van der Waals surface area contributed by atoms with E-state index in [0.717, 1.165) is 4.90 Å². The van der Waals surface area contributed by atoms with Crippen LogP contribution in [0.15, 0.2) is 0 Å². The van der Waals surface area contributed by atoms with Gasteiger partial charge >= 0.3 is 101 Å². The summed E-state index contributed by atoms with van der Waals surface area (Å²) >= 11 is -0.562. The third kappa shape index (κ3) is 1.15. The van der Waals surface area contributed by atoms with E-state index < -0.39 is 47.7 Å². The molecule has 0 atom stereocenters. The first kappa shape index (κ1) is 12.4. The molecule has 0 aromatic heterocycles. The van der Waals surface area contributed by atoms with Gasteiger partial charge in [0, 0.05) is 0 Å². The van der Waals surface area contributed by atoms with Crippen molar-refractivity contribution in [3.8, 4) is 0 Å². The van der Waals surface area contributed by atoms with E-state index in [1.54, 1.807) is 20.8 Å². The van der Waals surface area contributed by atoms with Crippen LogP contribution in [-0.4, -0.2) is 37.3 Å². The average Bonchev–Trinajstić information content (AvgIpc) is 2.16. The van der Waals surface area contributed by atoms with Gasteiger partial charge in [0.15, 0.2) is 0 Å². The molecule has 9 heteroatoms. The van der Waals surface area contributed by atoms with E-state index in [-0.39, 0.29) is 4.31 Å². The Labute approximate surface area is 101 Å². The molecule has 6 nitrogen and oxygen atoms in total. The van der Waals surface area contributed by atoms with Crippen LogP contribution in [-0.2, 0) is 0 Å². The van der Waals surface area contributed by atoms with Crippen LogP contribution in [0.4, 0.5) is 23.1 Å². The number of imide groups is 2. The molecule has 0 aliphatic carbocycles. The molecule has 0 saturated carbocycles. The molecular weight excluding hydrogens is 270 g/mol. The Morgan fingerprint density at radius 3 is 1.71 bits per heavy atom. The summed E-state index contributed by atoms with van der Waals surface area (Å²) in [6.07, 6.45) is 0. The van der Waals surface area contributed by atoms with E-state index in [9.17, 15) is 23.1 Å². The Morgan fingerprint density at radius 2 is 1.41 bits per heavy atom. The molecule has 2 rings (SSSR count). The second-order valence-corrected chi connectivity index (χ2v) is 8.55. The second-order valence-electron chi connectivity index (χ2n) is 4.84. The van der Waals surface area contributed by atoms with Gasteiger partial charge in [0.2, 0.25) is 0 Å². The van der Waals surface area contributed by atoms with Crippen LogP contribution in [0.2, 0.25) is 0 Å². The second kappa shape index (κ2) is 3.26. The summed E-state index contributed by atoms with van der Waals surface area (Å²) in [7, 11) is -3.93. The predicted octanol–water partition coefficient (Wildman–Crippen LogP) is 3.18. The number of rotatable bonds is 1.